The monoisotopic (exact) mass is 122 g/mol. The van der Waals surface area contributed by atoms with Crippen LogP contribution in [-0.2, 0) is 0 Å². The molecule has 0 saturated heterocycles. The highest BCUT2D eigenvalue weighted by molar-refractivity contribution is 6.30. The molecule has 0 aliphatic heterocycles. The zero-order valence-electron chi connectivity index (χ0n) is 5.13. The van der Waals surface area contributed by atoms with Gasteiger partial charge in [-0.2, -0.15) is 0 Å². The number of rotatable bonds is 0. The Balaban J connectivity index is 3.17. The van der Waals surface area contributed by atoms with Crippen molar-refractivity contribution < 1.29 is 0 Å². The summed E-state index contributed by atoms with van der Waals surface area (Å²) in [5.74, 6) is 0.593. The molecule has 0 saturated carbocycles. The Hall–Kier alpha value is -1.26. The lowest BCUT2D eigenvalue weighted by Crippen LogP contribution is -2.13. The van der Waals surface area contributed by atoms with Crippen LogP contribution in [-0.4, -0.2) is 17.8 Å². The van der Waals surface area contributed by atoms with Gasteiger partial charge in [-0.05, 0) is 0 Å². The summed E-state index contributed by atoms with van der Waals surface area (Å²) in [7, 11) is 1.81. The summed E-state index contributed by atoms with van der Waals surface area (Å²) in [6.07, 6.45) is 1.58. The van der Waals surface area contributed by atoms with Gasteiger partial charge in [0.2, 0.25) is 0 Å². The average molecular weight is 122 g/mol. The molecular formula is C4H7BN4. The molecule has 0 spiro atoms. The second-order valence-corrected chi connectivity index (χ2v) is 1.78. The summed E-state index contributed by atoms with van der Waals surface area (Å²) in [4.78, 5) is 7.63. The highest BCUT2D eigenvalue weighted by Crippen LogP contribution is 2.00. The van der Waals surface area contributed by atoms with Gasteiger partial charge in [0.1, 0.15) is 0 Å². The molecule has 0 aliphatic carbocycles. The van der Waals surface area contributed by atoms with E-state index in [1.165, 1.54) is 0 Å². The molecule has 1 rings (SSSR count). The van der Waals surface area contributed by atoms with E-state index in [9.17, 15) is 0 Å². The number of hydrogen-bond donors (Lipinski definition) is 2. The Labute approximate surface area is 53.7 Å². The lowest BCUT2D eigenvalue weighted by Gasteiger charge is -1.96. The van der Waals surface area contributed by atoms with Crippen molar-refractivity contribution in [1.29, 1.82) is 0 Å². The molecule has 1 aromatic rings. The van der Waals surface area contributed by atoms with Crippen molar-refractivity contribution in [1.82, 2.24) is 9.97 Å². The summed E-state index contributed by atoms with van der Waals surface area (Å²) in [5.41, 5.74) is 11.4. The zero-order valence-corrected chi connectivity index (χ0v) is 5.13. The molecule has 0 radical (unpaired) electrons. The van der Waals surface area contributed by atoms with E-state index >= 15 is 0 Å². The highest BCUT2D eigenvalue weighted by Gasteiger charge is 1.93. The van der Waals surface area contributed by atoms with Crippen LogP contribution >= 0.6 is 0 Å². The van der Waals surface area contributed by atoms with Gasteiger partial charge < -0.3 is 11.5 Å². The lowest BCUT2D eigenvalue weighted by molar-refractivity contribution is 1.26. The fraction of sp³-hybridized carbons (Fsp3) is 0. The molecular weight excluding hydrogens is 115 g/mol. The van der Waals surface area contributed by atoms with Crippen LogP contribution in [0.4, 0.5) is 11.6 Å². The summed E-state index contributed by atoms with van der Waals surface area (Å²) in [5, 5.41) is 0. The van der Waals surface area contributed by atoms with Gasteiger partial charge >= 0.3 is 0 Å². The van der Waals surface area contributed by atoms with Crippen molar-refractivity contribution in [3.05, 3.63) is 6.20 Å². The van der Waals surface area contributed by atoms with Crippen molar-refractivity contribution in [2.24, 2.45) is 0 Å². The highest BCUT2D eigenvalue weighted by atomic mass is 15.0. The molecule has 9 heavy (non-hydrogen) atoms. The van der Waals surface area contributed by atoms with E-state index in [1.54, 1.807) is 6.20 Å². The molecule has 0 atom stereocenters. The van der Waals surface area contributed by atoms with E-state index in [2.05, 4.69) is 9.97 Å². The van der Waals surface area contributed by atoms with Crippen LogP contribution in [0.3, 0.4) is 0 Å². The fourth-order valence-corrected chi connectivity index (χ4v) is 0.505. The summed E-state index contributed by atoms with van der Waals surface area (Å²) in [6.45, 7) is 0. The molecule has 0 aromatic carbocycles. The molecule has 0 aliphatic rings. The van der Waals surface area contributed by atoms with Gasteiger partial charge in [0, 0.05) is 11.8 Å². The average Bonchev–Trinajstić information content (AvgIpc) is 1.80. The molecule has 4 nitrogen and oxygen atoms in total. The number of nitrogens with zero attached hydrogens (tertiary/aromatic N) is 2. The first-order valence-electron chi connectivity index (χ1n) is 2.55. The van der Waals surface area contributed by atoms with Crippen molar-refractivity contribution in [3.63, 3.8) is 0 Å². The summed E-state index contributed by atoms with van der Waals surface area (Å²) >= 11 is 0. The Bertz CT molecular complexity index is 224. The second kappa shape index (κ2) is 1.93. The molecule has 0 amide bonds. The normalized spacial score (nSPS) is 9.33. The minimum absolute atomic E-state index is 0.292. The van der Waals surface area contributed by atoms with Crippen molar-refractivity contribution >= 4 is 25.1 Å². The van der Waals surface area contributed by atoms with Crippen LogP contribution in [0.1, 0.15) is 0 Å². The number of aromatic nitrogens is 2. The van der Waals surface area contributed by atoms with Crippen LogP contribution in [0.2, 0.25) is 0 Å². The second-order valence-electron chi connectivity index (χ2n) is 1.78. The Morgan fingerprint density at radius 3 is 2.44 bits per heavy atom. The van der Waals surface area contributed by atoms with Crippen molar-refractivity contribution in [3.8, 4) is 0 Å². The van der Waals surface area contributed by atoms with Gasteiger partial charge in [0.15, 0.2) is 19.5 Å². The van der Waals surface area contributed by atoms with Gasteiger partial charge in [-0.1, -0.05) is 0 Å². The van der Waals surface area contributed by atoms with E-state index < -0.39 is 0 Å². The Morgan fingerprint density at radius 1 is 1.33 bits per heavy atom. The van der Waals surface area contributed by atoms with E-state index in [4.69, 9.17) is 11.5 Å². The fourth-order valence-electron chi connectivity index (χ4n) is 0.505. The van der Waals surface area contributed by atoms with Gasteiger partial charge in [-0.3, -0.25) is 0 Å². The van der Waals surface area contributed by atoms with Crippen LogP contribution in [0.25, 0.3) is 0 Å². The smallest absolute Gasteiger partial charge is 0.166 e. The minimum Gasteiger partial charge on any atom is -0.381 e. The van der Waals surface area contributed by atoms with E-state index in [1.807, 2.05) is 7.85 Å². The number of nitrogens with two attached hydrogens (primary N) is 2. The van der Waals surface area contributed by atoms with Crippen molar-refractivity contribution in [2.45, 2.75) is 0 Å². The third-order valence-corrected chi connectivity index (χ3v) is 0.950. The van der Waals surface area contributed by atoms with Gasteiger partial charge in [-0.15, -0.1) is 0 Å². The largest absolute Gasteiger partial charge is 0.381 e. The molecule has 4 N–H and O–H groups in total. The lowest BCUT2D eigenvalue weighted by atomic mass is 10.1. The topological polar surface area (TPSA) is 77.8 Å². The number of hydrogen-bond acceptors (Lipinski definition) is 4. The number of anilines is 2. The third kappa shape index (κ3) is 1.10. The maximum absolute atomic E-state index is 5.32. The summed E-state index contributed by atoms with van der Waals surface area (Å²) in [6, 6.07) is 0. The predicted octanol–water partition coefficient (Wildman–Crippen LogP) is -2.10. The summed E-state index contributed by atoms with van der Waals surface area (Å²) < 4.78 is 0. The van der Waals surface area contributed by atoms with Gasteiger partial charge in [0.05, 0.1) is 0 Å². The molecule has 5 heteroatoms. The first-order valence-corrected chi connectivity index (χ1v) is 2.55. The van der Waals surface area contributed by atoms with Crippen LogP contribution < -0.4 is 17.1 Å². The zero-order chi connectivity index (χ0) is 6.85. The molecule has 0 unspecified atom stereocenters. The van der Waals surface area contributed by atoms with Crippen LogP contribution in [0.5, 0.6) is 0 Å². The molecule has 1 heterocycles. The molecule has 46 valence electrons. The first kappa shape index (κ1) is 5.87. The van der Waals surface area contributed by atoms with E-state index in [0.29, 0.717) is 11.6 Å². The van der Waals surface area contributed by atoms with Gasteiger partial charge in [-0.25, -0.2) is 9.97 Å². The maximum atomic E-state index is 5.32. The third-order valence-electron chi connectivity index (χ3n) is 0.950. The van der Waals surface area contributed by atoms with E-state index in [0.717, 1.165) is 5.59 Å². The van der Waals surface area contributed by atoms with Crippen LogP contribution in [0, 0.1) is 0 Å². The number of nitrogen functional groups attached to an aromatic ring is 2. The minimum atomic E-state index is 0.292. The van der Waals surface area contributed by atoms with E-state index in [-0.39, 0.29) is 0 Å². The first-order chi connectivity index (χ1) is 4.20. The standard InChI is InChI=1S/C4H7BN4/c5-2-1-8-3(6)4(7)9-2/h1H,5H2,(H2,6,8)(H2,7,9). The molecule has 0 bridgehead atoms. The van der Waals surface area contributed by atoms with Crippen LogP contribution in [0.15, 0.2) is 6.20 Å². The molecule has 0 fully saturated rings. The maximum Gasteiger partial charge on any atom is 0.166 e. The quantitative estimate of drug-likeness (QED) is 0.386. The SMILES string of the molecule is Bc1cnc(N)c(N)n1. The predicted molar refractivity (Wildman–Crippen MR) is 39.0 cm³/mol. The molecule has 1 aromatic heterocycles. The van der Waals surface area contributed by atoms with Gasteiger partial charge in [0.25, 0.3) is 0 Å². The van der Waals surface area contributed by atoms with Crippen molar-refractivity contribution in [2.75, 3.05) is 11.5 Å². The Morgan fingerprint density at radius 2 is 2.00 bits per heavy atom. The Kier molecular flexibility index (Phi) is 1.26.